The maximum absolute atomic E-state index is 9.77. The molecule has 23 heavy (non-hydrogen) atoms. The number of hydrogen-bond donors (Lipinski definition) is 7. The van der Waals surface area contributed by atoms with Crippen molar-refractivity contribution in [2.24, 2.45) is 0 Å². The van der Waals surface area contributed by atoms with Crippen molar-refractivity contribution in [2.45, 2.75) is 24.4 Å². The Morgan fingerprint density at radius 2 is 0.826 bits per heavy atom. The second-order valence-corrected chi connectivity index (χ2v) is 3.09. The topological polar surface area (TPSA) is 272 Å². The molecule has 13 nitrogen and oxygen atoms in total. The molecule has 0 aliphatic carbocycles. The van der Waals surface area contributed by atoms with Gasteiger partial charge in [-0.15, -0.1) is 0 Å². The standard InChI is InChI=1S/2C4H6O6.K.H3N.Ni/c2*5-1(3(7)8)2(6)4(9)10;;;/h2*1-2,5-6H,(H,7,8)(H,9,10);;1H3;/q;;+1;;/p-1. The van der Waals surface area contributed by atoms with Crippen LogP contribution in [0.5, 0.6) is 0 Å². The van der Waals surface area contributed by atoms with Crippen LogP contribution in [0.15, 0.2) is 0 Å². The Kier molecular flexibility index (Phi) is 24.8. The summed E-state index contributed by atoms with van der Waals surface area (Å²) in [5.41, 5.74) is 0. The maximum Gasteiger partial charge on any atom is 1.00 e. The van der Waals surface area contributed by atoms with Gasteiger partial charge in [-0.05, 0) is 0 Å². The first kappa shape index (κ1) is 34.2. The molecule has 15 heteroatoms. The van der Waals surface area contributed by atoms with Crippen LogP contribution in [0.1, 0.15) is 0 Å². The van der Waals surface area contributed by atoms with Crippen molar-refractivity contribution in [3.8, 4) is 0 Å². The van der Waals surface area contributed by atoms with Gasteiger partial charge in [0.05, 0.1) is 11.9 Å². The molecule has 0 aromatic heterocycles. The molecule has 0 bridgehead atoms. The molecule has 0 aliphatic heterocycles. The van der Waals surface area contributed by atoms with Gasteiger partial charge < -0.3 is 56.6 Å². The Morgan fingerprint density at radius 3 is 0.913 bits per heavy atom. The van der Waals surface area contributed by atoms with Crippen LogP contribution in [0.3, 0.4) is 0 Å². The third kappa shape index (κ3) is 15.1. The summed E-state index contributed by atoms with van der Waals surface area (Å²) in [4.78, 5) is 38.8. The largest absolute Gasteiger partial charge is 1.00 e. The van der Waals surface area contributed by atoms with Crippen LogP contribution in [-0.4, -0.2) is 78.9 Å². The Labute approximate surface area is 180 Å². The van der Waals surface area contributed by atoms with Crippen molar-refractivity contribution in [3.05, 3.63) is 0 Å². The Balaban J connectivity index is -0.0000000831. The average Bonchev–Trinajstić information content (AvgIpc) is 2.35. The zero-order valence-corrected chi connectivity index (χ0v) is 15.9. The third-order valence-electron chi connectivity index (χ3n) is 1.59. The minimum Gasteiger partial charge on any atom is -0.547 e. The molecule has 0 saturated heterocycles. The minimum absolute atomic E-state index is 0. The van der Waals surface area contributed by atoms with Crippen LogP contribution >= 0.6 is 0 Å². The van der Waals surface area contributed by atoms with E-state index in [0.29, 0.717) is 0 Å². The zero-order chi connectivity index (χ0) is 16.6. The van der Waals surface area contributed by atoms with Crippen LogP contribution in [0.2, 0.25) is 0 Å². The number of hydrogen-bond acceptors (Lipinski definition) is 10. The molecule has 0 amide bonds. The van der Waals surface area contributed by atoms with E-state index in [2.05, 4.69) is 0 Å². The maximum atomic E-state index is 9.77. The number of quaternary nitrogens is 1. The molecule has 0 aliphatic rings. The van der Waals surface area contributed by atoms with Gasteiger partial charge in [0.15, 0.2) is 12.2 Å². The summed E-state index contributed by atoms with van der Waals surface area (Å²) in [6.45, 7) is 0. The van der Waals surface area contributed by atoms with E-state index < -0.39 is 48.3 Å². The molecule has 0 heterocycles. The molecule has 4 atom stereocenters. The van der Waals surface area contributed by atoms with Crippen LogP contribution in [0.4, 0.5) is 0 Å². The molecule has 10 N–H and O–H groups in total. The van der Waals surface area contributed by atoms with Crippen LogP contribution in [0, 0.1) is 0 Å². The molecule has 0 radical (unpaired) electrons. The summed E-state index contributed by atoms with van der Waals surface area (Å²) in [5, 5.41) is 68.3. The summed E-state index contributed by atoms with van der Waals surface area (Å²) >= 11 is 0. The number of carboxylic acid groups (broad SMARTS) is 4. The molecule has 0 saturated carbocycles. The number of aliphatic carboxylic acids is 4. The number of aliphatic hydroxyl groups excluding tert-OH is 4. The summed E-state index contributed by atoms with van der Waals surface area (Å²) in [7, 11) is 0. The van der Waals surface area contributed by atoms with Crippen molar-refractivity contribution >= 4 is 23.9 Å². The van der Waals surface area contributed by atoms with E-state index in [9.17, 15) is 29.4 Å². The first-order valence-electron chi connectivity index (χ1n) is 4.53. The zero-order valence-electron chi connectivity index (χ0n) is 11.8. The molecule has 0 fully saturated rings. The fourth-order valence-electron chi connectivity index (χ4n) is 0.528. The van der Waals surface area contributed by atoms with Gasteiger partial charge in [-0.2, -0.15) is 0 Å². The summed E-state index contributed by atoms with van der Waals surface area (Å²) in [5.74, 6) is -7.65. The van der Waals surface area contributed by atoms with Gasteiger partial charge in [0, 0.05) is 16.5 Å². The van der Waals surface area contributed by atoms with E-state index >= 15 is 0 Å². The van der Waals surface area contributed by atoms with Crippen LogP contribution in [-0.2, 0) is 35.7 Å². The molecule has 0 spiro atoms. The van der Waals surface area contributed by atoms with Crippen molar-refractivity contribution in [1.82, 2.24) is 6.15 Å². The Morgan fingerprint density at radius 1 is 0.652 bits per heavy atom. The Bertz CT molecular complexity index is 321. The predicted octanol–water partition coefficient (Wildman–Crippen LogP) is -9.54. The van der Waals surface area contributed by atoms with Crippen LogP contribution in [0.25, 0.3) is 0 Å². The van der Waals surface area contributed by atoms with E-state index in [0.717, 1.165) is 0 Å². The first-order chi connectivity index (χ1) is 8.93. The molecule has 0 aromatic rings. The van der Waals surface area contributed by atoms with Crippen molar-refractivity contribution in [2.75, 3.05) is 0 Å². The Hall–Kier alpha value is -0.190. The smallest absolute Gasteiger partial charge is 0.547 e. The molecule has 4 unspecified atom stereocenters. The SMILES string of the molecule is O=C(O)C(O)C(O)C(=O)O.O=C([O-])C(O)C(O)C(=O)[O-].[K+].[NH4+].[Ni]. The van der Waals surface area contributed by atoms with E-state index in [1.54, 1.807) is 0 Å². The average molecular weight is 414 g/mol. The van der Waals surface area contributed by atoms with Crippen LogP contribution < -0.4 is 67.7 Å². The number of carboxylic acids is 4. The van der Waals surface area contributed by atoms with Crippen molar-refractivity contribution < 1.29 is 128 Å². The second-order valence-electron chi connectivity index (χ2n) is 3.09. The van der Waals surface area contributed by atoms with Gasteiger partial charge in [-0.1, -0.05) is 0 Å². The van der Waals surface area contributed by atoms with E-state index in [-0.39, 0.29) is 74.0 Å². The first-order valence-corrected chi connectivity index (χ1v) is 4.53. The molecule has 0 rings (SSSR count). The molecule has 134 valence electrons. The minimum atomic E-state index is -2.44. The van der Waals surface area contributed by atoms with E-state index in [1.165, 1.54) is 0 Å². The number of aliphatic hydroxyl groups is 4. The summed E-state index contributed by atoms with van der Waals surface area (Å²) < 4.78 is 0. The molecule has 0 aromatic carbocycles. The van der Waals surface area contributed by atoms with Crippen molar-refractivity contribution in [3.63, 3.8) is 0 Å². The summed E-state index contributed by atoms with van der Waals surface area (Å²) in [6, 6.07) is 0. The second kappa shape index (κ2) is 16.7. The summed E-state index contributed by atoms with van der Waals surface area (Å²) in [6.07, 6.45) is -9.41. The fourth-order valence-corrected chi connectivity index (χ4v) is 0.528. The molecular weight excluding hydrogens is 400 g/mol. The van der Waals surface area contributed by atoms with Gasteiger partial charge in [0.1, 0.15) is 12.2 Å². The quantitative estimate of drug-likeness (QED) is 0.200. The van der Waals surface area contributed by atoms with Crippen molar-refractivity contribution in [1.29, 1.82) is 0 Å². The molecular formula is C8H14KNNiO12. The van der Waals surface area contributed by atoms with Gasteiger partial charge in [0.2, 0.25) is 0 Å². The van der Waals surface area contributed by atoms with Gasteiger partial charge in [-0.25, -0.2) is 9.59 Å². The normalized spacial score (nSPS) is 13.7. The monoisotopic (exact) mass is 413 g/mol. The van der Waals surface area contributed by atoms with Gasteiger partial charge in [-0.3, -0.25) is 0 Å². The van der Waals surface area contributed by atoms with E-state index in [4.69, 9.17) is 30.6 Å². The number of carbonyl (C=O) groups is 4. The predicted molar refractivity (Wildman–Crippen MR) is 55.3 cm³/mol. The number of rotatable bonds is 6. The fraction of sp³-hybridized carbons (Fsp3) is 0.500. The van der Waals surface area contributed by atoms with E-state index in [1.807, 2.05) is 0 Å². The third-order valence-corrected chi connectivity index (χ3v) is 1.59. The number of carbonyl (C=O) groups excluding carboxylic acids is 2. The van der Waals surface area contributed by atoms with Gasteiger partial charge in [0.25, 0.3) is 0 Å². The van der Waals surface area contributed by atoms with Gasteiger partial charge >= 0.3 is 63.3 Å².